The lowest BCUT2D eigenvalue weighted by atomic mass is 10.0. The zero-order chi connectivity index (χ0) is 20.8. The third-order valence-electron chi connectivity index (χ3n) is 5.41. The summed E-state index contributed by atoms with van der Waals surface area (Å²) >= 11 is 1.53. The number of rotatable bonds is 8. The van der Waals surface area contributed by atoms with Gasteiger partial charge >= 0.3 is 11.9 Å². The number of hydrogen-bond acceptors (Lipinski definition) is 6. The molecule has 0 spiro atoms. The Kier molecular flexibility index (Phi) is 7.55. The average molecular weight is 421 g/mol. The summed E-state index contributed by atoms with van der Waals surface area (Å²) in [5.74, 6) is -1.16. The van der Waals surface area contributed by atoms with E-state index in [4.69, 9.17) is 4.74 Å². The minimum atomic E-state index is -0.972. The number of carboxylic acid groups (broad SMARTS) is 1. The lowest BCUT2D eigenvalue weighted by Crippen LogP contribution is -2.55. The van der Waals surface area contributed by atoms with Crippen LogP contribution in [0.15, 0.2) is 30.3 Å². The van der Waals surface area contributed by atoms with Crippen LogP contribution in [0, 0.1) is 0 Å². The molecule has 1 aromatic rings. The van der Waals surface area contributed by atoms with Gasteiger partial charge in [0.25, 0.3) is 0 Å². The first-order valence-electron chi connectivity index (χ1n) is 10.1. The van der Waals surface area contributed by atoms with Gasteiger partial charge in [-0.2, -0.15) is 0 Å². The van der Waals surface area contributed by atoms with Crippen LogP contribution in [0.1, 0.15) is 38.2 Å². The summed E-state index contributed by atoms with van der Waals surface area (Å²) < 4.78 is 5.22. The SMILES string of the molecule is CCOC(=O)C(CCc1ccccc1)N[C@@H]1CCC[C@H]2SC[C@H](C(=O)O)N2C1=O. The predicted octanol–water partition coefficient (Wildman–Crippen LogP) is 2.05. The van der Waals surface area contributed by atoms with E-state index in [9.17, 15) is 19.5 Å². The number of hydrogen-bond donors (Lipinski definition) is 2. The van der Waals surface area contributed by atoms with E-state index in [0.717, 1.165) is 18.4 Å². The number of nitrogens with one attached hydrogen (secondary N) is 1. The molecule has 0 bridgehead atoms. The number of amides is 1. The van der Waals surface area contributed by atoms with Gasteiger partial charge in [0, 0.05) is 5.75 Å². The topological polar surface area (TPSA) is 95.9 Å². The highest BCUT2D eigenvalue weighted by atomic mass is 32.2. The minimum Gasteiger partial charge on any atom is -0.480 e. The highest BCUT2D eigenvalue weighted by Gasteiger charge is 2.45. The Hall–Kier alpha value is -2.06. The average Bonchev–Trinajstić information content (AvgIpc) is 3.08. The second-order valence-electron chi connectivity index (χ2n) is 7.37. The molecule has 0 radical (unpaired) electrons. The van der Waals surface area contributed by atoms with Crippen molar-refractivity contribution in [3.05, 3.63) is 35.9 Å². The van der Waals surface area contributed by atoms with Crippen molar-refractivity contribution in [3.8, 4) is 0 Å². The number of thioether (sulfide) groups is 1. The summed E-state index contributed by atoms with van der Waals surface area (Å²) in [4.78, 5) is 38.8. The molecule has 2 heterocycles. The molecule has 29 heavy (non-hydrogen) atoms. The molecule has 4 atom stereocenters. The lowest BCUT2D eigenvalue weighted by Gasteiger charge is -2.30. The third-order valence-corrected chi connectivity index (χ3v) is 6.77. The number of aryl methyl sites for hydroxylation is 1. The van der Waals surface area contributed by atoms with Gasteiger partial charge in [-0.15, -0.1) is 11.8 Å². The molecule has 2 aliphatic rings. The summed E-state index contributed by atoms with van der Waals surface area (Å²) in [5, 5.41) is 12.6. The molecule has 2 aliphatic heterocycles. The van der Waals surface area contributed by atoms with Crippen LogP contribution in [0.25, 0.3) is 0 Å². The minimum absolute atomic E-state index is 0.0965. The molecule has 7 nitrogen and oxygen atoms in total. The van der Waals surface area contributed by atoms with Crippen LogP contribution in [0.2, 0.25) is 0 Å². The number of carbonyl (C=O) groups is 3. The van der Waals surface area contributed by atoms with Crippen molar-refractivity contribution in [1.29, 1.82) is 0 Å². The van der Waals surface area contributed by atoms with E-state index in [1.807, 2.05) is 30.3 Å². The number of carboxylic acids is 1. The fourth-order valence-electron chi connectivity index (χ4n) is 3.94. The monoisotopic (exact) mass is 420 g/mol. The van der Waals surface area contributed by atoms with Gasteiger partial charge in [-0.1, -0.05) is 30.3 Å². The molecular weight excluding hydrogens is 392 g/mol. The third kappa shape index (κ3) is 5.30. The molecule has 3 rings (SSSR count). The molecule has 0 aromatic heterocycles. The van der Waals surface area contributed by atoms with Crippen molar-refractivity contribution in [1.82, 2.24) is 10.2 Å². The van der Waals surface area contributed by atoms with Crippen molar-refractivity contribution in [2.24, 2.45) is 0 Å². The number of aliphatic carboxylic acids is 1. The van der Waals surface area contributed by atoms with Crippen LogP contribution in [-0.4, -0.2) is 63.7 Å². The smallest absolute Gasteiger partial charge is 0.327 e. The van der Waals surface area contributed by atoms with Crippen LogP contribution >= 0.6 is 11.8 Å². The molecule has 2 N–H and O–H groups in total. The van der Waals surface area contributed by atoms with Crippen LogP contribution in [0.3, 0.4) is 0 Å². The van der Waals surface area contributed by atoms with E-state index in [1.165, 1.54) is 16.7 Å². The predicted molar refractivity (Wildman–Crippen MR) is 110 cm³/mol. The van der Waals surface area contributed by atoms with Gasteiger partial charge in [0.15, 0.2) is 0 Å². The highest BCUT2D eigenvalue weighted by Crippen LogP contribution is 2.35. The van der Waals surface area contributed by atoms with Crippen LogP contribution in [-0.2, 0) is 25.5 Å². The van der Waals surface area contributed by atoms with Crippen molar-refractivity contribution >= 4 is 29.6 Å². The number of fused-ring (bicyclic) bond motifs is 1. The van der Waals surface area contributed by atoms with E-state index in [0.29, 0.717) is 25.0 Å². The Balaban J connectivity index is 1.72. The van der Waals surface area contributed by atoms with E-state index < -0.39 is 24.1 Å². The summed E-state index contributed by atoms with van der Waals surface area (Å²) in [6, 6.07) is 7.86. The van der Waals surface area contributed by atoms with Crippen molar-refractivity contribution in [3.63, 3.8) is 0 Å². The number of esters is 1. The molecule has 0 aliphatic carbocycles. The summed E-state index contributed by atoms with van der Waals surface area (Å²) in [7, 11) is 0. The van der Waals surface area contributed by atoms with E-state index >= 15 is 0 Å². The molecule has 1 aromatic carbocycles. The van der Waals surface area contributed by atoms with Gasteiger partial charge < -0.3 is 14.7 Å². The van der Waals surface area contributed by atoms with Gasteiger partial charge in [-0.05, 0) is 44.6 Å². The summed E-state index contributed by atoms with van der Waals surface area (Å²) in [5.41, 5.74) is 1.11. The second-order valence-corrected chi connectivity index (χ2v) is 8.58. The van der Waals surface area contributed by atoms with Gasteiger partial charge in [-0.25, -0.2) is 4.79 Å². The maximum atomic E-state index is 13.2. The number of benzene rings is 1. The lowest BCUT2D eigenvalue weighted by molar-refractivity contribution is -0.151. The van der Waals surface area contributed by atoms with E-state index in [2.05, 4.69) is 5.32 Å². The molecule has 1 amide bonds. The van der Waals surface area contributed by atoms with Crippen molar-refractivity contribution in [2.45, 2.75) is 62.5 Å². The molecule has 1 unspecified atom stereocenters. The fraction of sp³-hybridized carbons (Fsp3) is 0.571. The highest BCUT2D eigenvalue weighted by molar-refractivity contribution is 8.00. The Morgan fingerprint density at radius 1 is 1.31 bits per heavy atom. The molecule has 2 fully saturated rings. The first kappa shape index (κ1) is 21.6. The Labute approximate surface area is 175 Å². The Bertz CT molecular complexity index is 729. The summed E-state index contributed by atoms with van der Waals surface area (Å²) in [6.45, 7) is 2.03. The van der Waals surface area contributed by atoms with Crippen molar-refractivity contribution < 1.29 is 24.2 Å². The van der Waals surface area contributed by atoms with Gasteiger partial charge in [0.1, 0.15) is 12.1 Å². The number of carbonyl (C=O) groups excluding carboxylic acids is 2. The van der Waals surface area contributed by atoms with Gasteiger partial charge in [-0.3, -0.25) is 14.9 Å². The normalized spacial score (nSPS) is 25.2. The Morgan fingerprint density at radius 2 is 2.07 bits per heavy atom. The quantitative estimate of drug-likeness (QED) is 0.622. The summed E-state index contributed by atoms with van der Waals surface area (Å²) in [6.07, 6.45) is 3.34. The van der Waals surface area contributed by atoms with Gasteiger partial charge in [0.2, 0.25) is 5.91 Å². The molecular formula is C21H28N2O5S. The first-order valence-corrected chi connectivity index (χ1v) is 11.2. The number of ether oxygens (including phenoxy) is 1. The molecule has 0 saturated carbocycles. The van der Waals surface area contributed by atoms with Crippen LogP contribution in [0.4, 0.5) is 0 Å². The largest absolute Gasteiger partial charge is 0.480 e. The zero-order valence-electron chi connectivity index (χ0n) is 16.6. The Morgan fingerprint density at radius 3 is 2.76 bits per heavy atom. The maximum Gasteiger partial charge on any atom is 0.327 e. The van der Waals surface area contributed by atoms with E-state index in [1.54, 1.807) is 6.92 Å². The molecule has 2 saturated heterocycles. The maximum absolute atomic E-state index is 13.2. The van der Waals surface area contributed by atoms with Crippen LogP contribution in [0.5, 0.6) is 0 Å². The molecule has 8 heteroatoms. The second kappa shape index (κ2) is 10.1. The zero-order valence-corrected chi connectivity index (χ0v) is 17.4. The van der Waals surface area contributed by atoms with Crippen molar-refractivity contribution in [2.75, 3.05) is 12.4 Å². The molecule has 158 valence electrons. The van der Waals surface area contributed by atoms with Crippen LogP contribution < -0.4 is 5.32 Å². The standard InChI is InChI=1S/C21H28N2O5S/c1-2-28-21(27)16(12-11-14-7-4-3-5-8-14)22-15-9-6-10-18-23(19(15)24)17(13-29-18)20(25)26/h3-5,7-8,15-18,22H,2,6,9-13H2,1H3,(H,25,26)/t15-,16?,17-,18-/m1/s1. The fourth-order valence-corrected chi connectivity index (χ4v) is 5.39. The van der Waals surface area contributed by atoms with E-state index in [-0.39, 0.29) is 23.9 Å². The van der Waals surface area contributed by atoms with Gasteiger partial charge in [0.05, 0.1) is 18.0 Å². The number of nitrogens with zero attached hydrogens (tertiary/aromatic N) is 1. The first-order chi connectivity index (χ1) is 14.0.